The number of nitrogens with one attached hydrogen (secondary N) is 3. The summed E-state index contributed by atoms with van der Waals surface area (Å²) < 4.78 is 46.2. The fourth-order valence-electron chi connectivity index (χ4n) is 2.22. The second kappa shape index (κ2) is 13.0. The van der Waals surface area contributed by atoms with Gasteiger partial charge in [-0.25, -0.2) is 4.99 Å². The molecular formula is C19H24F3IN4O3. The lowest BCUT2D eigenvalue weighted by molar-refractivity contribution is -0.153. The Morgan fingerprint density at radius 1 is 1.10 bits per heavy atom. The van der Waals surface area contributed by atoms with Crippen LogP contribution in [0.2, 0.25) is 0 Å². The third-order valence-corrected chi connectivity index (χ3v) is 3.54. The summed E-state index contributed by atoms with van der Waals surface area (Å²) in [5, 5.41) is 8.87. The van der Waals surface area contributed by atoms with E-state index in [0.717, 1.165) is 5.56 Å². The van der Waals surface area contributed by atoms with Crippen LogP contribution >= 0.6 is 24.0 Å². The molecule has 0 unspecified atom stereocenters. The van der Waals surface area contributed by atoms with Gasteiger partial charge in [-0.05, 0) is 36.8 Å². The van der Waals surface area contributed by atoms with Crippen molar-refractivity contribution >= 4 is 35.8 Å². The van der Waals surface area contributed by atoms with Crippen LogP contribution in [0.3, 0.4) is 0 Å². The average Bonchev–Trinajstić information content (AvgIpc) is 3.22. The van der Waals surface area contributed by atoms with Crippen molar-refractivity contribution in [2.45, 2.75) is 19.6 Å². The van der Waals surface area contributed by atoms with Crippen molar-refractivity contribution in [2.75, 3.05) is 26.2 Å². The van der Waals surface area contributed by atoms with Gasteiger partial charge in [0, 0.05) is 19.6 Å². The molecule has 11 heteroatoms. The predicted molar refractivity (Wildman–Crippen MR) is 117 cm³/mol. The maximum Gasteiger partial charge on any atom is 0.422 e. The molecule has 0 fully saturated rings. The lowest BCUT2D eigenvalue weighted by atomic mass is 10.2. The first-order chi connectivity index (χ1) is 13.9. The lowest BCUT2D eigenvalue weighted by Gasteiger charge is -2.12. The number of carbonyl (C=O) groups excluding carboxylic acids is 1. The van der Waals surface area contributed by atoms with Gasteiger partial charge in [-0.1, -0.05) is 12.1 Å². The largest absolute Gasteiger partial charge is 0.484 e. The number of alkyl halides is 3. The van der Waals surface area contributed by atoms with E-state index >= 15 is 0 Å². The van der Waals surface area contributed by atoms with Gasteiger partial charge < -0.3 is 25.1 Å². The first kappa shape index (κ1) is 25.6. The molecule has 0 aliphatic heterocycles. The van der Waals surface area contributed by atoms with Crippen LogP contribution in [0.5, 0.6) is 5.75 Å². The van der Waals surface area contributed by atoms with Gasteiger partial charge in [0.15, 0.2) is 18.3 Å². The Morgan fingerprint density at radius 3 is 2.40 bits per heavy atom. The zero-order valence-electron chi connectivity index (χ0n) is 16.3. The highest BCUT2D eigenvalue weighted by Crippen LogP contribution is 2.19. The number of hydrogen-bond acceptors (Lipinski definition) is 4. The molecule has 30 heavy (non-hydrogen) atoms. The first-order valence-corrected chi connectivity index (χ1v) is 9.00. The van der Waals surface area contributed by atoms with E-state index < -0.39 is 12.8 Å². The molecule has 0 aliphatic carbocycles. The van der Waals surface area contributed by atoms with E-state index in [-0.39, 0.29) is 41.4 Å². The van der Waals surface area contributed by atoms with Gasteiger partial charge in [0.2, 0.25) is 0 Å². The molecule has 0 saturated carbocycles. The zero-order chi connectivity index (χ0) is 21.1. The lowest BCUT2D eigenvalue weighted by Crippen LogP contribution is -2.41. The summed E-state index contributed by atoms with van der Waals surface area (Å²) in [6, 6.07) is 9.47. The highest BCUT2D eigenvalue weighted by atomic mass is 127. The summed E-state index contributed by atoms with van der Waals surface area (Å²) in [5.74, 6) is 0.643. The minimum atomic E-state index is -4.37. The van der Waals surface area contributed by atoms with Crippen LogP contribution in [-0.4, -0.2) is 44.3 Å². The number of benzene rings is 1. The topological polar surface area (TPSA) is 87.9 Å². The van der Waals surface area contributed by atoms with Crippen LogP contribution in [-0.2, 0) is 6.54 Å². The molecule has 0 radical (unpaired) electrons. The van der Waals surface area contributed by atoms with Crippen LogP contribution in [0, 0.1) is 0 Å². The number of aliphatic imine (C=N–C) groups is 1. The number of nitrogens with zero attached hydrogens (tertiary/aromatic N) is 1. The van der Waals surface area contributed by atoms with Crippen molar-refractivity contribution in [1.82, 2.24) is 16.0 Å². The van der Waals surface area contributed by atoms with Gasteiger partial charge in [0.25, 0.3) is 5.91 Å². The molecule has 1 heterocycles. The Kier molecular flexibility index (Phi) is 11.1. The van der Waals surface area contributed by atoms with Crippen molar-refractivity contribution in [3.05, 3.63) is 54.0 Å². The molecular weight excluding hydrogens is 516 g/mol. The van der Waals surface area contributed by atoms with Gasteiger partial charge in [0.1, 0.15) is 5.75 Å². The molecule has 3 N–H and O–H groups in total. The smallest absolute Gasteiger partial charge is 0.422 e. The van der Waals surface area contributed by atoms with Crippen LogP contribution in [0.4, 0.5) is 13.2 Å². The number of rotatable bonds is 9. The molecule has 0 saturated heterocycles. The number of furan rings is 1. The molecule has 1 aromatic carbocycles. The number of guanidine groups is 1. The van der Waals surface area contributed by atoms with Gasteiger partial charge >= 0.3 is 6.18 Å². The molecule has 0 aliphatic rings. The highest BCUT2D eigenvalue weighted by molar-refractivity contribution is 14.0. The van der Waals surface area contributed by atoms with E-state index in [4.69, 9.17) is 4.42 Å². The fraction of sp³-hybridized carbons (Fsp3) is 0.368. The maximum atomic E-state index is 12.2. The van der Waals surface area contributed by atoms with Crippen LogP contribution in [0.25, 0.3) is 0 Å². The molecule has 7 nitrogen and oxygen atoms in total. The first-order valence-electron chi connectivity index (χ1n) is 9.00. The third kappa shape index (κ3) is 9.85. The van der Waals surface area contributed by atoms with E-state index in [2.05, 4.69) is 25.7 Å². The van der Waals surface area contributed by atoms with E-state index in [9.17, 15) is 18.0 Å². The van der Waals surface area contributed by atoms with Gasteiger partial charge in [-0.2, -0.15) is 13.2 Å². The SMILES string of the molecule is CCNC(=NCc1ccc(OCC(F)(F)F)cc1)NCCNC(=O)c1ccco1.I. The summed E-state index contributed by atoms with van der Waals surface area (Å²) >= 11 is 0. The third-order valence-electron chi connectivity index (χ3n) is 3.54. The summed E-state index contributed by atoms with van der Waals surface area (Å²) in [6.07, 6.45) is -2.94. The van der Waals surface area contributed by atoms with Gasteiger partial charge in [-0.3, -0.25) is 4.79 Å². The van der Waals surface area contributed by atoms with Crippen molar-refractivity contribution < 1.29 is 27.1 Å². The standard InChI is InChI=1S/C19H23F3N4O3.HI/c1-2-23-18(25-10-9-24-17(27)16-4-3-11-28-16)26-12-14-5-7-15(8-6-14)29-13-19(20,21)22;/h3-8,11H,2,9-10,12-13H2,1H3,(H,24,27)(H2,23,25,26);1H. The number of halogens is 4. The Morgan fingerprint density at radius 2 is 1.80 bits per heavy atom. The van der Waals surface area contributed by atoms with Crippen molar-refractivity contribution in [3.8, 4) is 5.75 Å². The van der Waals surface area contributed by atoms with Gasteiger partial charge in [-0.15, -0.1) is 24.0 Å². The molecule has 1 amide bonds. The van der Waals surface area contributed by atoms with Crippen LogP contribution in [0.15, 0.2) is 52.1 Å². The summed E-state index contributed by atoms with van der Waals surface area (Å²) in [7, 11) is 0. The molecule has 2 rings (SSSR count). The number of amides is 1. The van der Waals surface area contributed by atoms with Crippen LogP contribution < -0.4 is 20.7 Å². The average molecular weight is 540 g/mol. The highest BCUT2D eigenvalue weighted by Gasteiger charge is 2.28. The number of carbonyl (C=O) groups is 1. The molecule has 0 bridgehead atoms. The Labute approximate surface area is 189 Å². The normalized spacial score (nSPS) is 11.4. The fourth-order valence-corrected chi connectivity index (χ4v) is 2.22. The second-order valence-corrected chi connectivity index (χ2v) is 5.90. The molecule has 1 aromatic heterocycles. The Hall–Kier alpha value is -2.44. The Bertz CT molecular complexity index is 781. The number of ether oxygens (including phenoxy) is 1. The summed E-state index contributed by atoms with van der Waals surface area (Å²) in [6.45, 7) is 2.39. The second-order valence-electron chi connectivity index (χ2n) is 5.90. The van der Waals surface area contributed by atoms with E-state index in [1.54, 1.807) is 24.3 Å². The monoisotopic (exact) mass is 540 g/mol. The zero-order valence-corrected chi connectivity index (χ0v) is 18.6. The molecule has 0 atom stereocenters. The maximum absolute atomic E-state index is 12.2. The van der Waals surface area contributed by atoms with Crippen molar-refractivity contribution in [3.63, 3.8) is 0 Å². The summed E-state index contributed by atoms with van der Waals surface area (Å²) in [5.41, 5.74) is 0.813. The van der Waals surface area contributed by atoms with E-state index in [1.807, 2.05) is 6.92 Å². The van der Waals surface area contributed by atoms with E-state index in [0.29, 0.717) is 32.1 Å². The Balaban J connectivity index is 0.00000450. The predicted octanol–water partition coefficient (Wildman–Crippen LogP) is 3.32. The minimum absolute atomic E-state index is 0. The number of hydrogen-bond donors (Lipinski definition) is 3. The van der Waals surface area contributed by atoms with Crippen LogP contribution in [0.1, 0.15) is 23.0 Å². The summed E-state index contributed by atoms with van der Waals surface area (Å²) in [4.78, 5) is 16.2. The van der Waals surface area contributed by atoms with Crippen molar-refractivity contribution in [2.24, 2.45) is 4.99 Å². The minimum Gasteiger partial charge on any atom is -0.484 e. The van der Waals surface area contributed by atoms with E-state index in [1.165, 1.54) is 18.4 Å². The molecule has 2 aromatic rings. The van der Waals surface area contributed by atoms with Crippen molar-refractivity contribution in [1.29, 1.82) is 0 Å². The molecule has 166 valence electrons. The quantitative estimate of drug-likeness (QED) is 0.197. The molecule has 0 spiro atoms. The van der Waals surface area contributed by atoms with Gasteiger partial charge in [0.05, 0.1) is 12.8 Å².